The number of fused-ring (bicyclic) bond motifs is 3. The first-order valence-corrected chi connectivity index (χ1v) is 15.4. The van der Waals surface area contributed by atoms with Crippen LogP contribution in [0.2, 0.25) is 0 Å². The number of amides is 1. The first kappa shape index (κ1) is 22.7. The van der Waals surface area contributed by atoms with Crippen molar-refractivity contribution in [1.82, 2.24) is 14.9 Å². The Kier molecular flexibility index (Phi) is 7.12. The van der Waals surface area contributed by atoms with Crippen LogP contribution in [0.1, 0.15) is 82.1 Å². The summed E-state index contributed by atoms with van der Waals surface area (Å²) in [6, 6.07) is 0. The van der Waals surface area contributed by atoms with Gasteiger partial charge < -0.3 is 9.64 Å². The zero-order chi connectivity index (χ0) is 22.1. The van der Waals surface area contributed by atoms with E-state index in [1.807, 2.05) is 4.90 Å². The van der Waals surface area contributed by atoms with Crippen LogP contribution in [0.3, 0.4) is 0 Å². The van der Waals surface area contributed by atoms with Crippen LogP contribution in [0.25, 0.3) is 10.2 Å². The molecule has 2 aliphatic carbocycles. The maximum absolute atomic E-state index is 12.7. The van der Waals surface area contributed by atoms with Gasteiger partial charge in [0.2, 0.25) is 11.8 Å². The standard InChI is InChI=1S/C25H34IN3O2S/c1-3-4-16(2)26-18-7-9-19(10-8-18)31-24-23-20-14-29(22(30)13-17-5-6-17)12-11-21(20)32-25(23)28-15-27-24/h15,17-19H,3-14H2,1-2H3. The smallest absolute Gasteiger partial charge is 0.225 e. The molecule has 2 aromatic heterocycles. The van der Waals surface area contributed by atoms with Crippen LogP contribution in [-0.2, 0) is 17.8 Å². The fraction of sp³-hybridized carbons (Fsp3) is 0.680. The Morgan fingerprint density at radius 2 is 2.03 bits per heavy atom. The fourth-order valence-electron chi connectivity index (χ4n) is 4.95. The highest BCUT2D eigenvalue weighted by Gasteiger charge is 2.31. The van der Waals surface area contributed by atoms with Gasteiger partial charge in [-0.1, -0.05) is 13.3 Å². The molecule has 3 aliphatic rings. The van der Waals surface area contributed by atoms with Crippen LogP contribution < -0.4 is 4.74 Å². The highest BCUT2D eigenvalue weighted by Crippen LogP contribution is 2.40. The molecule has 0 atom stereocenters. The van der Waals surface area contributed by atoms with Crippen molar-refractivity contribution in [2.45, 2.75) is 94.6 Å². The highest BCUT2D eigenvalue weighted by molar-refractivity contribution is 14.2. The second-order valence-corrected chi connectivity index (χ2v) is 14.9. The third kappa shape index (κ3) is 5.18. The predicted octanol–water partition coefficient (Wildman–Crippen LogP) is 6.03. The molecule has 1 aliphatic heterocycles. The third-order valence-corrected chi connectivity index (χ3v) is 11.9. The van der Waals surface area contributed by atoms with E-state index in [1.54, 1.807) is 21.2 Å². The van der Waals surface area contributed by atoms with Gasteiger partial charge in [0, 0.05) is 33.9 Å². The molecule has 2 saturated carbocycles. The van der Waals surface area contributed by atoms with Crippen molar-refractivity contribution in [3.63, 3.8) is 0 Å². The molecular formula is C25H34IN3O2S. The lowest BCUT2D eigenvalue weighted by atomic mass is 9.97. The van der Waals surface area contributed by atoms with E-state index in [-0.39, 0.29) is 26.8 Å². The largest absolute Gasteiger partial charge is 0.474 e. The summed E-state index contributed by atoms with van der Waals surface area (Å²) in [7, 11) is 0. The maximum atomic E-state index is 12.7. The van der Waals surface area contributed by atoms with E-state index >= 15 is 0 Å². The van der Waals surface area contributed by atoms with E-state index in [2.05, 4.69) is 23.8 Å². The van der Waals surface area contributed by atoms with Gasteiger partial charge in [0.05, 0.1) is 5.39 Å². The molecule has 174 valence electrons. The number of thiophene rings is 1. The normalized spacial score (nSPS) is 24.2. The lowest BCUT2D eigenvalue weighted by Gasteiger charge is -2.29. The zero-order valence-electron chi connectivity index (χ0n) is 19.2. The summed E-state index contributed by atoms with van der Waals surface area (Å²) in [5, 5.41) is 1.07. The predicted molar refractivity (Wildman–Crippen MR) is 140 cm³/mol. The molecule has 0 saturated heterocycles. The Morgan fingerprint density at radius 3 is 2.78 bits per heavy atom. The number of aromatic nitrogens is 2. The van der Waals surface area contributed by atoms with Crippen molar-refractivity contribution in [2.24, 2.45) is 5.92 Å². The van der Waals surface area contributed by atoms with Crippen LogP contribution >= 0.6 is 32.1 Å². The molecule has 32 heavy (non-hydrogen) atoms. The minimum atomic E-state index is 0.212. The van der Waals surface area contributed by atoms with E-state index < -0.39 is 0 Å². The van der Waals surface area contributed by atoms with Gasteiger partial charge in [-0.15, -0.1) is 32.1 Å². The number of nitrogens with zero attached hydrogens (tertiary/aromatic N) is 3. The maximum Gasteiger partial charge on any atom is 0.225 e. The van der Waals surface area contributed by atoms with Crippen LogP contribution in [0, 0.1) is 5.92 Å². The highest BCUT2D eigenvalue weighted by atomic mass is 127. The van der Waals surface area contributed by atoms with Crippen molar-refractivity contribution in [1.29, 1.82) is 0 Å². The van der Waals surface area contributed by atoms with Crippen molar-refractivity contribution in [3.05, 3.63) is 16.8 Å². The third-order valence-electron chi connectivity index (χ3n) is 6.92. The van der Waals surface area contributed by atoms with Gasteiger partial charge >= 0.3 is 0 Å². The minimum absolute atomic E-state index is 0.212. The first-order chi connectivity index (χ1) is 15.6. The van der Waals surface area contributed by atoms with Crippen LogP contribution in [-0.4, -0.2) is 40.9 Å². The van der Waals surface area contributed by atoms with Crippen LogP contribution in [0.15, 0.2) is 6.33 Å². The van der Waals surface area contributed by atoms with Crippen molar-refractivity contribution >= 4 is 51.7 Å². The summed E-state index contributed by atoms with van der Waals surface area (Å²) in [6.07, 6.45) is 13.4. The fourth-order valence-corrected chi connectivity index (χ4v) is 9.78. The Balaban J connectivity index is 1.29. The van der Waals surface area contributed by atoms with E-state index in [4.69, 9.17) is 4.74 Å². The Bertz CT molecular complexity index is 1010. The number of alkyl halides is 1. The van der Waals surface area contributed by atoms with Gasteiger partial charge in [-0.2, -0.15) is 0 Å². The molecule has 0 spiro atoms. The van der Waals surface area contributed by atoms with Gasteiger partial charge in [0.1, 0.15) is 17.3 Å². The number of ether oxygens (including phenoxy) is 1. The molecule has 1 amide bonds. The average molecular weight is 568 g/mol. The quantitative estimate of drug-likeness (QED) is 0.303. The number of halogens is 1. The Labute approximate surface area is 205 Å². The second kappa shape index (κ2) is 10.0. The van der Waals surface area contributed by atoms with E-state index in [9.17, 15) is 4.79 Å². The topological polar surface area (TPSA) is 55.3 Å². The molecule has 5 nitrogen and oxygen atoms in total. The molecular weight excluding hydrogens is 533 g/mol. The van der Waals surface area contributed by atoms with Crippen molar-refractivity contribution < 1.29 is 9.53 Å². The lowest BCUT2D eigenvalue weighted by molar-refractivity contribution is -0.132. The zero-order valence-corrected chi connectivity index (χ0v) is 22.2. The Morgan fingerprint density at radius 1 is 1.22 bits per heavy atom. The molecule has 0 unspecified atom stereocenters. The molecule has 2 fully saturated rings. The number of hydrogen-bond acceptors (Lipinski definition) is 5. The van der Waals surface area contributed by atoms with Gasteiger partial charge in [0.25, 0.3) is 0 Å². The number of hydrogen-bond donors (Lipinski definition) is 0. The lowest BCUT2D eigenvalue weighted by Crippen LogP contribution is -2.35. The molecule has 5 rings (SSSR count). The van der Waals surface area contributed by atoms with Gasteiger partial charge in [0.15, 0.2) is 0 Å². The molecule has 3 heterocycles. The molecule has 0 aromatic carbocycles. The summed E-state index contributed by atoms with van der Waals surface area (Å²) >= 11 is 1.97. The summed E-state index contributed by atoms with van der Waals surface area (Å²) in [4.78, 5) is 26.3. The van der Waals surface area contributed by atoms with E-state index in [0.717, 1.165) is 52.2 Å². The molecule has 2 aromatic rings. The molecule has 7 heteroatoms. The molecule has 0 radical (unpaired) electrons. The molecule has 0 bridgehead atoms. The van der Waals surface area contributed by atoms with Gasteiger partial charge in [-0.25, -0.2) is 9.97 Å². The minimum Gasteiger partial charge on any atom is -0.474 e. The number of carbonyl (C=O) groups excluding carboxylic acids is 1. The summed E-state index contributed by atoms with van der Waals surface area (Å²) in [5.74, 6) is 1.69. The monoisotopic (exact) mass is 567 g/mol. The Hall–Kier alpha value is -1.09. The second-order valence-electron chi connectivity index (χ2n) is 9.60. The van der Waals surface area contributed by atoms with Gasteiger partial charge in [-0.05, 0) is 67.7 Å². The van der Waals surface area contributed by atoms with E-state index in [0.29, 0.717) is 18.4 Å². The summed E-state index contributed by atoms with van der Waals surface area (Å²) < 4.78 is 9.21. The van der Waals surface area contributed by atoms with E-state index in [1.165, 1.54) is 49.0 Å². The summed E-state index contributed by atoms with van der Waals surface area (Å²) in [6.45, 7) is 6.17. The van der Waals surface area contributed by atoms with Crippen LogP contribution in [0.4, 0.5) is 0 Å². The first-order valence-electron chi connectivity index (χ1n) is 12.3. The number of carbonyl (C=O) groups is 1. The van der Waals surface area contributed by atoms with Crippen LogP contribution in [0.5, 0.6) is 5.88 Å². The van der Waals surface area contributed by atoms with Crippen molar-refractivity contribution in [2.75, 3.05) is 6.54 Å². The summed E-state index contributed by atoms with van der Waals surface area (Å²) in [5.41, 5.74) is 1.24. The average Bonchev–Trinajstić information content (AvgIpc) is 3.52. The SMILES string of the molecule is CCCC(C)=IC1CCC(Oc2ncnc3sc4c(c23)CN(C(=O)CC2CC2)CC4)CC1. The number of rotatable bonds is 7. The molecule has 0 N–H and O–H groups in total. The van der Waals surface area contributed by atoms with Crippen molar-refractivity contribution in [3.8, 4) is 5.88 Å². The van der Waals surface area contributed by atoms with Gasteiger partial charge in [-0.3, -0.25) is 4.79 Å².